The number of hydrogen-bond donors (Lipinski definition) is 0. The molecule has 0 N–H and O–H groups in total. The lowest BCUT2D eigenvalue weighted by Crippen LogP contribution is -2.71. The first-order chi connectivity index (χ1) is 52.5. The van der Waals surface area contributed by atoms with Gasteiger partial charge in [-0.1, -0.05) is 413 Å². The van der Waals surface area contributed by atoms with Crippen molar-refractivity contribution < 1.29 is 17.7 Å². The molecule has 0 aromatic heterocycles. The van der Waals surface area contributed by atoms with Crippen LogP contribution < -0.4 is 79.9 Å². The number of hydrogen-bond acceptors (Lipinski definition) is 4. The van der Waals surface area contributed by atoms with Crippen LogP contribution in [0.4, 0.5) is 0 Å². The molecular weight excluding hydrogens is 1350 g/mol. The third-order valence-electron chi connectivity index (χ3n) is 20.5. The van der Waals surface area contributed by atoms with Crippen molar-refractivity contribution in [2.75, 3.05) is 0 Å². The molecule has 0 spiro atoms. The number of benzene rings is 16. The Balaban J connectivity index is 0.881. The maximum absolute atomic E-state index is 7.80. The quantitative estimate of drug-likeness (QED) is 0.0422. The number of rotatable bonds is 25. The minimum absolute atomic E-state index is 0.293. The van der Waals surface area contributed by atoms with E-state index < -0.39 is 33.3 Å². The molecule has 0 aliphatic carbocycles. The average molecular weight is 1430 g/mol. The van der Waals surface area contributed by atoms with Gasteiger partial charge < -0.3 is 17.7 Å². The molecule has 0 saturated carbocycles. The van der Waals surface area contributed by atoms with Gasteiger partial charge in [0.05, 0.1) is 0 Å². The van der Waals surface area contributed by atoms with Gasteiger partial charge in [0, 0.05) is 11.8 Å². The molecule has 0 bridgehead atoms. The average Bonchev–Trinajstić information content (AvgIpc) is 0.767. The zero-order valence-corrected chi connectivity index (χ0v) is 62.7. The minimum atomic E-state index is -3.20. The highest BCUT2D eigenvalue weighted by atomic mass is 28.4. The topological polar surface area (TPSA) is 36.9 Å². The van der Waals surface area contributed by atoms with Crippen molar-refractivity contribution in [3.63, 3.8) is 0 Å². The van der Waals surface area contributed by atoms with Crippen molar-refractivity contribution in [1.29, 1.82) is 0 Å². The maximum atomic E-state index is 7.80. The maximum Gasteiger partial charge on any atom is 0.346 e. The van der Waals surface area contributed by atoms with E-state index in [1.165, 1.54) is 0 Å². The second-order valence-electron chi connectivity index (χ2n) is 26.8. The molecule has 0 amide bonds. The van der Waals surface area contributed by atoms with Crippen molar-refractivity contribution in [3.8, 4) is 23.0 Å². The lowest BCUT2D eigenvalue weighted by Gasteiger charge is -2.35. The molecule has 0 aliphatic heterocycles. The zero-order chi connectivity index (χ0) is 71.3. The van der Waals surface area contributed by atoms with Gasteiger partial charge in [-0.25, -0.2) is 0 Å². The molecule has 0 unspecified atom stereocenters. The van der Waals surface area contributed by atoms with E-state index in [1.54, 1.807) is 0 Å². The Morgan fingerprint density at radius 2 is 0.226 bits per heavy atom. The molecule has 510 valence electrons. The Kier molecular flexibility index (Phi) is 20.1. The summed E-state index contributed by atoms with van der Waals surface area (Å²) in [4.78, 5) is 0. The lowest BCUT2D eigenvalue weighted by atomic mass is 9.73. The van der Waals surface area contributed by atoms with Crippen LogP contribution in [0.1, 0.15) is 34.1 Å². The summed E-state index contributed by atoms with van der Waals surface area (Å²) in [5.74, 6) is 2.54. The van der Waals surface area contributed by atoms with Crippen molar-refractivity contribution in [3.05, 3.63) is 483 Å². The Labute approximate surface area is 626 Å². The second-order valence-corrected chi connectivity index (χ2v) is 40.0. The van der Waals surface area contributed by atoms with Crippen LogP contribution in [0.5, 0.6) is 23.0 Å². The van der Waals surface area contributed by atoms with Gasteiger partial charge in [0.25, 0.3) is 0 Å². The molecule has 16 rings (SSSR count). The van der Waals surface area contributed by atoms with Gasteiger partial charge in [-0.15, -0.1) is 0 Å². The van der Waals surface area contributed by atoms with Gasteiger partial charge >= 0.3 is 33.3 Å². The van der Waals surface area contributed by atoms with Crippen LogP contribution in [0.15, 0.2) is 461 Å². The fraction of sp³-hybridized carbons (Fsp3) is 0.0204. The Morgan fingerprint density at radius 3 is 0.330 bits per heavy atom. The van der Waals surface area contributed by atoms with Crippen LogP contribution in [-0.2, 0) is 0 Å². The van der Waals surface area contributed by atoms with Crippen LogP contribution in [0, 0.1) is 0 Å². The third-order valence-corrected chi connectivity index (χ3v) is 36.5. The van der Waals surface area contributed by atoms with E-state index >= 15 is 0 Å². The summed E-state index contributed by atoms with van der Waals surface area (Å²) in [7, 11) is -12.8. The first kappa shape index (κ1) is 68.0. The molecule has 0 heterocycles. The first-order valence-corrected chi connectivity index (χ1v) is 44.0. The molecule has 0 saturated heterocycles. The SMILES string of the molecule is c1ccc([Si](Oc2ccc(C(c3ccc(O[Si](c4ccccc4)(c4ccccc4)c4ccccc4)cc3)C(c3ccc(O[Si](c4ccccc4)(c4ccccc4)c4ccccc4)cc3)c3ccc(O[Si](c4ccccc4)(c4ccccc4)c4ccccc4)cc3)cc2)(c2ccccc2)c2ccccc2)cc1. The Morgan fingerprint density at radius 1 is 0.123 bits per heavy atom. The normalized spacial score (nSPS) is 11.8. The van der Waals surface area contributed by atoms with E-state index in [1.807, 2.05) is 0 Å². The predicted octanol–water partition coefficient (Wildman–Crippen LogP) is 14.8. The van der Waals surface area contributed by atoms with E-state index in [2.05, 4.69) is 461 Å². The summed E-state index contributed by atoms with van der Waals surface area (Å²) in [6.45, 7) is 0. The molecule has 0 fully saturated rings. The van der Waals surface area contributed by atoms with Crippen molar-refractivity contribution in [1.82, 2.24) is 0 Å². The zero-order valence-electron chi connectivity index (χ0n) is 58.7. The van der Waals surface area contributed by atoms with E-state index in [-0.39, 0.29) is 11.8 Å². The van der Waals surface area contributed by atoms with Crippen LogP contribution in [0.25, 0.3) is 0 Å². The Hall–Kier alpha value is -12.4. The lowest BCUT2D eigenvalue weighted by molar-refractivity contribution is 0.572. The van der Waals surface area contributed by atoms with Crippen LogP contribution >= 0.6 is 0 Å². The summed E-state index contributed by atoms with van der Waals surface area (Å²) >= 11 is 0. The van der Waals surface area contributed by atoms with Gasteiger partial charge in [-0.05, 0) is 133 Å². The molecule has 4 nitrogen and oxygen atoms in total. The van der Waals surface area contributed by atoms with Crippen LogP contribution in [-0.4, -0.2) is 33.3 Å². The third kappa shape index (κ3) is 13.5. The fourth-order valence-corrected chi connectivity index (χ4v) is 30.9. The highest BCUT2D eigenvalue weighted by Crippen LogP contribution is 2.45. The van der Waals surface area contributed by atoms with E-state index in [0.29, 0.717) is 0 Å². The predicted molar refractivity (Wildman–Crippen MR) is 448 cm³/mol. The largest absolute Gasteiger partial charge is 0.530 e. The highest BCUT2D eigenvalue weighted by molar-refractivity contribution is 7.09. The van der Waals surface area contributed by atoms with Gasteiger partial charge in [0.1, 0.15) is 23.0 Å². The van der Waals surface area contributed by atoms with Gasteiger partial charge in [-0.3, -0.25) is 0 Å². The van der Waals surface area contributed by atoms with Gasteiger partial charge in [0.2, 0.25) is 0 Å². The van der Waals surface area contributed by atoms with Crippen molar-refractivity contribution >= 4 is 95.5 Å². The molecule has 0 aliphatic rings. The first-order valence-electron chi connectivity index (χ1n) is 36.3. The van der Waals surface area contributed by atoms with E-state index in [4.69, 9.17) is 17.7 Å². The van der Waals surface area contributed by atoms with Crippen molar-refractivity contribution in [2.24, 2.45) is 0 Å². The molecule has 8 heteroatoms. The smallest absolute Gasteiger partial charge is 0.346 e. The highest BCUT2D eigenvalue weighted by Gasteiger charge is 2.48. The minimum Gasteiger partial charge on any atom is -0.530 e. The van der Waals surface area contributed by atoms with E-state index in [0.717, 1.165) is 107 Å². The second kappa shape index (κ2) is 31.3. The molecule has 16 aromatic rings. The molecular formula is C98H78O4Si4. The van der Waals surface area contributed by atoms with Crippen molar-refractivity contribution in [2.45, 2.75) is 11.8 Å². The fourth-order valence-electron chi connectivity index (χ4n) is 15.6. The van der Waals surface area contributed by atoms with E-state index in [9.17, 15) is 0 Å². The summed E-state index contributed by atoms with van der Waals surface area (Å²) in [5, 5.41) is 13.9. The summed E-state index contributed by atoms with van der Waals surface area (Å²) in [5.41, 5.74) is 4.41. The summed E-state index contributed by atoms with van der Waals surface area (Å²) in [6.07, 6.45) is 0. The molecule has 0 atom stereocenters. The summed E-state index contributed by atoms with van der Waals surface area (Å²) in [6, 6.07) is 166. The molecule has 0 radical (unpaired) electrons. The molecule has 106 heavy (non-hydrogen) atoms. The standard InChI is InChI=1S/C98H78O4Si4/c1-13-37-85(38-14-1)103(86-39-15-2-16-40-86,87-41-17-3-18-42-87)99-81-69-61-77(62-70-81)97(78-63-71-82(72-64-78)100-104(88-43-19-4-20-44-88,89-45-21-5-22-46-89)90-47-23-6-24-48-90)98(79-65-73-83(74-66-79)101-105(91-49-25-7-26-50-91,92-51-27-8-28-52-92)93-53-29-9-30-54-93)80-67-75-84(76-68-80)102-106(94-55-31-10-32-56-94,95-57-33-11-34-58-95)96-59-35-12-36-60-96/h1-76,97-98H. The van der Waals surface area contributed by atoms with Gasteiger partial charge in [-0.2, -0.15) is 0 Å². The Bertz CT molecular complexity index is 4320. The van der Waals surface area contributed by atoms with Crippen LogP contribution in [0.2, 0.25) is 0 Å². The molecule has 16 aromatic carbocycles. The van der Waals surface area contributed by atoms with Gasteiger partial charge in [0.15, 0.2) is 0 Å². The van der Waals surface area contributed by atoms with Crippen LogP contribution in [0.3, 0.4) is 0 Å². The summed E-state index contributed by atoms with van der Waals surface area (Å²) < 4.78 is 31.2. The monoisotopic (exact) mass is 1430 g/mol.